The van der Waals surface area contributed by atoms with Crippen LogP contribution in [0.2, 0.25) is 5.02 Å². The molecular formula is C26H28ClN3O5S. The van der Waals surface area contributed by atoms with Crippen molar-refractivity contribution >= 4 is 39.1 Å². The normalized spacial score (nSPS) is 11.9. The lowest BCUT2D eigenvalue weighted by atomic mass is 10.1. The number of likely N-dealkylation sites (N-methyl/N-ethyl adjacent to an activating group) is 1. The van der Waals surface area contributed by atoms with E-state index in [9.17, 15) is 18.0 Å². The molecule has 3 aromatic carbocycles. The molecule has 0 saturated carbocycles. The molecule has 0 bridgehead atoms. The molecule has 1 atom stereocenters. The highest BCUT2D eigenvalue weighted by molar-refractivity contribution is 7.92. The van der Waals surface area contributed by atoms with Gasteiger partial charge in [0.05, 0.1) is 17.7 Å². The number of ether oxygens (including phenoxy) is 1. The molecule has 190 valence electrons. The Labute approximate surface area is 216 Å². The first-order valence-electron chi connectivity index (χ1n) is 11.1. The van der Waals surface area contributed by atoms with E-state index in [1.54, 1.807) is 74.7 Å². The van der Waals surface area contributed by atoms with Crippen molar-refractivity contribution in [2.24, 2.45) is 0 Å². The summed E-state index contributed by atoms with van der Waals surface area (Å²) in [5.41, 5.74) is 0.983. The minimum atomic E-state index is -4.12. The third-order valence-electron chi connectivity index (χ3n) is 5.63. The summed E-state index contributed by atoms with van der Waals surface area (Å²) in [6, 6.07) is 20.3. The van der Waals surface area contributed by atoms with Crippen LogP contribution in [0.4, 0.5) is 5.69 Å². The van der Waals surface area contributed by atoms with E-state index in [2.05, 4.69) is 5.32 Å². The quantitative estimate of drug-likeness (QED) is 0.432. The third-order valence-corrected chi connectivity index (χ3v) is 7.66. The minimum absolute atomic E-state index is 0.0267. The number of halogens is 1. The van der Waals surface area contributed by atoms with Crippen LogP contribution in [0.25, 0.3) is 0 Å². The maximum atomic E-state index is 13.7. The fourth-order valence-corrected chi connectivity index (χ4v) is 5.21. The lowest BCUT2D eigenvalue weighted by Gasteiger charge is -2.31. The van der Waals surface area contributed by atoms with Gasteiger partial charge in [0.1, 0.15) is 18.3 Å². The Morgan fingerprint density at radius 2 is 1.67 bits per heavy atom. The number of nitrogens with zero attached hydrogens (tertiary/aromatic N) is 2. The number of amides is 2. The van der Waals surface area contributed by atoms with Crippen molar-refractivity contribution in [3.63, 3.8) is 0 Å². The van der Waals surface area contributed by atoms with Crippen LogP contribution in [0.1, 0.15) is 12.5 Å². The first-order chi connectivity index (χ1) is 17.2. The van der Waals surface area contributed by atoms with Gasteiger partial charge in [0, 0.05) is 18.6 Å². The summed E-state index contributed by atoms with van der Waals surface area (Å²) in [6.45, 7) is 1.15. The van der Waals surface area contributed by atoms with Gasteiger partial charge in [-0.15, -0.1) is 0 Å². The number of methoxy groups -OCH3 is 1. The van der Waals surface area contributed by atoms with Crippen molar-refractivity contribution < 1.29 is 22.7 Å². The number of anilines is 1. The van der Waals surface area contributed by atoms with Gasteiger partial charge in [0.15, 0.2) is 0 Å². The van der Waals surface area contributed by atoms with Crippen LogP contribution in [0.3, 0.4) is 0 Å². The SMILES string of the molecule is CNC(=O)[C@H](C)N(Cc1ccc(OC)cc1)C(=O)CN(c1cccc(Cl)c1)S(=O)(=O)c1ccccc1. The standard InChI is InChI=1S/C26H28ClN3O5S/c1-19(26(32)28-2)29(17-20-12-14-23(35-3)15-13-20)25(31)18-30(22-9-7-8-21(27)16-22)36(33,34)24-10-5-4-6-11-24/h4-16,19H,17-18H2,1-3H3,(H,28,32)/t19-/m0/s1. The van der Waals surface area contributed by atoms with Crippen LogP contribution in [0.15, 0.2) is 83.8 Å². The second kappa shape index (κ2) is 11.9. The molecule has 2 amide bonds. The van der Waals surface area contributed by atoms with Gasteiger partial charge in [0.25, 0.3) is 10.0 Å². The summed E-state index contributed by atoms with van der Waals surface area (Å²) in [5, 5.41) is 2.87. The van der Waals surface area contributed by atoms with Crippen LogP contribution in [-0.4, -0.2) is 51.9 Å². The molecule has 10 heteroatoms. The molecule has 0 aliphatic heterocycles. The van der Waals surface area contributed by atoms with Crippen LogP contribution in [0, 0.1) is 0 Å². The van der Waals surface area contributed by atoms with Gasteiger partial charge in [-0.3, -0.25) is 13.9 Å². The number of carbonyl (C=O) groups is 2. The van der Waals surface area contributed by atoms with Gasteiger partial charge >= 0.3 is 0 Å². The van der Waals surface area contributed by atoms with Crippen LogP contribution < -0.4 is 14.4 Å². The molecule has 0 aromatic heterocycles. The zero-order chi connectivity index (χ0) is 26.3. The van der Waals surface area contributed by atoms with E-state index < -0.39 is 28.5 Å². The molecule has 0 aliphatic carbocycles. The number of hydrogen-bond acceptors (Lipinski definition) is 5. The molecule has 0 fully saturated rings. The predicted molar refractivity (Wildman–Crippen MR) is 139 cm³/mol. The van der Waals surface area contributed by atoms with Crippen molar-refractivity contribution in [3.8, 4) is 5.75 Å². The van der Waals surface area contributed by atoms with Gasteiger partial charge < -0.3 is 15.0 Å². The third kappa shape index (κ3) is 6.35. The van der Waals surface area contributed by atoms with Gasteiger partial charge in [-0.2, -0.15) is 0 Å². The maximum absolute atomic E-state index is 13.7. The van der Waals surface area contributed by atoms with E-state index in [-0.39, 0.29) is 23.0 Å². The van der Waals surface area contributed by atoms with E-state index in [0.717, 1.165) is 9.87 Å². The minimum Gasteiger partial charge on any atom is -0.497 e. The second-order valence-electron chi connectivity index (χ2n) is 7.96. The zero-order valence-corrected chi connectivity index (χ0v) is 21.8. The van der Waals surface area contributed by atoms with Crippen LogP contribution >= 0.6 is 11.6 Å². The fraction of sp³-hybridized carbons (Fsp3) is 0.231. The molecule has 3 aromatic rings. The van der Waals surface area contributed by atoms with E-state index in [4.69, 9.17) is 16.3 Å². The number of rotatable bonds is 10. The van der Waals surface area contributed by atoms with Gasteiger partial charge in [-0.1, -0.05) is 48.0 Å². The molecular weight excluding hydrogens is 502 g/mol. The molecule has 0 aliphatic rings. The highest BCUT2D eigenvalue weighted by atomic mass is 35.5. The smallest absolute Gasteiger partial charge is 0.264 e. The zero-order valence-electron chi connectivity index (χ0n) is 20.2. The van der Waals surface area contributed by atoms with Crippen LogP contribution in [-0.2, 0) is 26.2 Å². The molecule has 3 rings (SSSR count). The molecule has 0 unspecified atom stereocenters. The molecule has 0 heterocycles. The molecule has 0 saturated heterocycles. The Kier molecular flexibility index (Phi) is 8.95. The molecule has 0 spiro atoms. The highest BCUT2D eigenvalue weighted by Crippen LogP contribution is 2.27. The first-order valence-corrected chi connectivity index (χ1v) is 13.0. The lowest BCUT2D eigenvalue weighted by Crippen LogP contribution is -2.50. The van der Waals surface area contributed by atoms with Gasteiger partial charge in [-0.25, -0.2) is 8.42 Å². The van der Waals surface area contributed by atoms with E-state index >= 15 is 0 Å². The average molecular weight is 530 g/mol. The van der Waals surface area contributed by atoms with Crippen molar-refractivity contribution in [1.82, 2.24) is 10.2 Å². The molecule has 1 N–H and O–H groups in total. The van der Waals surface area contributed by atoms with Crippen molar-refractivity contribution in [2.75, 3.05) is 25.0 Å². The molecule has 36 heavy (non-hydrogen) atoms. The predicted octanol–water partition coefficient (Wildman–Crippen LogP) is 3.71. The lowest BCUT2D eigenvalue weighted by molar-refractivity contribution is -0.139. The van der Waals surface area contributed by atoms with Crippen molar-refractivity contribution in [3.05, 3.63) is 89.4 Å². The fourth-order valence-electron chi connectivity index (χ4n) is 3.60. The van der Waals surface area contributed by atoms with Crippen molar-refractivity contribution in [1.29, 1.82) is 0 Å². The molecule has 8 nitrogen and oxygen atoms in total. The number of benzene rings is 3. The summed E-state index contributed by atoms with van der Waals surface area (Å²) in [4.78, 5) is 27.5. The van der Waals surface area contributed by atoms with E-state index in [1.807, 2.05) is 0 Å². The summed E-state index contributed by atoms with van der Waals surface area (Å²) >= 11 is 6.15. The summed E-state index contributed by atoms with van der Waals surface area (Å²) in [7, 11) is -1.09. The Hall–Kier alpha value is -3.56. The Morgan fingerprint density at radius 3 is 2.25 bits per heavy atom. The second-order valence-corrected chi connectivity index (χ2v) is 10.3. The number of carbonyl (C=O) groups excluding carboxylic acids is 2. The van der Waals surface area contributed by atoms with E-state index in [0.29, 0.717) is 10.8 Å². The summed E-state index contributed by atoms with van der Waals surface area (Å²) in [6.07, 6.45) is 0. The molecule has 0 radical (unpaired) electrons. The monoisotopic (exact) mass is 529 g/mol. The number of nitrogens with one attached hydrogen (secondary N) is 1. The Bertz CT molecular complexity index is 1300. The first kappa shape index (κ1) is 27.0. The Balaban J connectivity index is 2.00. The van der Waals surface area contributed by atoms with Crippen molar-refractivity contribution in [2.45, 2.75) is 24.4 Å². The number of hydrogen-bond donors (Lipinski definition) is 1. The topological polar surface area (TPSA) is 96.0 Å². The number of sulfonamides is 1. The maximum Gasteiger partial charge on any atom is 0.264 e. The summed E-state index contributed by atoms with van der Waals surface area (Å²) < 4.78 is 33.4. The van der Waals surface area contributed by atoms with E-state index in [1.165, 1.54) is 30.1 Å². The van der Waals surface area contributed by atoms with Crippen LogP contribution in [0.5, 0.6) is 5.75 Å². The Morgan fingerprint density at radius 1 is 1.00 bits per heavy atom. The largest absolute Gasteiger partial charge is 0.497 e. The van der Waals surface area contributed by atoms with Gasteiger partial charge in [0.2, 0.25) is 11.8 Å². The highest BCUT2D eigenvalue weighted by Gasteiger charge is 2.32. The van der Waals surface area contributed by atoms with Gasteiger partial charge in [-0.05, 0) is 55.0 Å². The summed E-state index contributed by atoms with van der Waals surface area (Å²) in [5.74, 6) is -0.282. The average Bonchev–Trinajstić information content (AvgIpc) is 2.90.